The molecular formula is C12H16BrN3O2. The largest absolute Gasteiger partial charge is 0.336 e. The number of urea groups is 1. The molecule has 0 bridgehead atoms. The van der Waals surface area contributed by atoms with Gasteiger partial charge in [0.15, 0.2) is 0 Å². The molecule has 1 aromatic carbocycles. The van der Waals surface area contributed by atoms with Crippen molar-refractivity contribution in [1.29, 1.82) is 0 Å². The van der Waals surface area contributed by atoms with E-state index >= 15 is 0 Å². The average molecular weight is 314 g/mol. The van der Waals surface area contributed by atoms with E-state index in [1.54, 1.807) is 6.07 Å². The Morgan fingerprint density at radius 1 is 1.28 bits per heavy atom. The van der Waals surface area contributed by atoms with Gasteiger partial charge in [0.2, 0.25) is 5.91 Å². The number of hydrogen-bond donors (Lipinski definition) is 3. The number of anilines is 1. The number of nitrogens with one attached hydrogen (secondary N) is 3. The molecule has 0 aliphatic carbocycles. The summed E-state index contributed by atoms with van der Waals surface area (Å²) >= 11 is 3.32. The van der Waals surface area contributed by atoms with E-state index in [2.05, 4.69) is 31.9 Å². The van der Waals surface area contributed by atoms with E-state index in [-0.39, 0.29) is 24.5 Å². The van der Waals surface area contributed by atoms with Crippen LogP contribution in [0.5, 0.6) is 0 Å². The molecule has 3 N–H and O–H groups in total. The minimum Gasteiger partial charge on any atom is -0.336 e. The van der Waals surface area contributed by atoms with Gasteiger partial charge >= 0.3 is 6.03 Å². The van der Waals surface area contributed by atoms with Crippen molar-refractivity contribution >= 4 is 33.6 Å². The van der Waals surface area contributed by atoms with Crippen molar-refractivity contribution in [3.63, 3.8) is 0 Å². The van der Waals surface area contributed by atoms with Gasteiger partial charge in [-0.15, -0.1) is 0 Å². The van der Waals surface area contributed by atoms with Gasteiger partial charge in [-0.25, -0.2) is 4.79 Å². The SMILES string of the molecule is CC(C)NC(=O)NCC(=O)Nc1ccccc1Br. The van der Waals surface area contributed by atoms with Crippen molar-refractivity contribution in [3.05, 3.63) is 28.7 Å². The first-order chi connectivity index (χ1) is 8.49. The second-order valence-corrected chi connectivity index (χ2v) is 4.86. The second-order valence-electron chi connectivity index (χ2n) is 4.01. The van der Waals surface area contributed by atoms with Gasteiger partial charge in [0.05, 0.1) is 12.2 Å². The zero-order valence-electron chi connectivity index (χ0n) is 10.3. The molecule has 0 fully saturated rings. The summed E-state index contributed by atoms with van der Waals surface area (Å²) in [6, 6.07) is 6.96. The Morgan fingerprint density at radius 2 is 1.94 bits per heavy atom. The van der Waals surface area contributed by atoms with E-state index in [1.165, 1.54) is 0 Å². The van der Waals surface area contributed by atoms with E-state index in [9.17, 15) is 9.59 Å². The van der Waals surface area contributed by atoms with E-state index in [1.807, 2.05) is 32.0 Å². The van der Waals surface area contributed by atoms with Crippen molar-refractivity contribution in [1.82, 2.24) is 10.6 Å². The van der Waals surface area contributed by atoms with Gasteiger partial charge in [-0.1, -0.05) is 12.1 Å². The molecule has 0 saturated carbocycles. The van der Waals surface area contributed by atoms with Crippen molar-refractivity contribution < 1.29 is 9.59 Å². The minimum absolute atomic E-state index is 0.0383. The predicted molar refractivity (Wildman–Crippen MR) is 74.4 cm³/mol. The molecule has 0 spiro atoms. The Labute approximate surface area is 114 Å². The molecule has 18 heavy (non-hydrogen) atoms. The third-order valence-corrected chi connectivity index (χ3v) is 2.67. The summed E-state index contributed by atoms with van der Waals surface area (Å²) in [5.41, 5.74) is 0.675. The molecule has 6 heteroatoms. The number of carbonyl (C=O) groups is 2. The first-order valence-electron chi connectivity index (χ1n) is 5.58. The number of hydrogen-bond acceptors (Lipinski definition) is 2. The van der Waals surface area contributed by atoms with Crippen LogP contribution in [0.1, 0.15) is 13.8 Å². The van der Waals surface area contributed by atoms with Crippen LogP contribution in [0.15, 0.2) is 28.7 Å². The van der Waals surface area contributed by atoms with Crippen LogP contribution in [-0.4, -0.2) is 24.5 Å². The summed E-state index contributed by atoms with van der Waals surface area (Å²) < 4.78 is 0.796. The van der Waals surface area contributed by atoms with Crippen LogP contribution in [0.3, 0.4) is 0 Å². The fraction of sp³-hybridized carbons (Fsp3) is 0.333. The van der Waals surface area contributed by atoms with E-state index in [0.29, 0.717) is 5.69 Å². The fourth-order valence-electron chi connectivity index (χ4n) is 1.23. The predicted octanol–water partition coefficient (Wildman–Crippen LogP) is 2.10. The molecule has 1 aromatic rings. The lowest BCUT2D eigenvalue weighted by atomic mass is 10.3. The molecule has 0 heterocycles. The Kier molecular flexibility index (Phi) is 5.64. The Hall–Kier alpha value is -1.56. The highest BCUT2D eigenvalue weighted by Crippen LogP contribution is 2.20. The molecule has 98 valence electrons. The zero-order chi connectivity index (χ0) is 13.5. The number of para-hydroxylation sites is 1. The highest BCUT2D eigenvalue weighted by molar-refractivity contribution is 9.10. The molecule has 0 atom stereocenters. The van der Waals surface area contributed by atoms with Crippen molar-refractivity contribution in [3.8, 4) is 0 Å². The third-order valence-electron chi connectivity index (χ3n) is 1.98. The van der Waals surface area contributed by atoms with Crippen LogP contribution in [-0.2, 0) is 4.79 Å². The van der Waals surface area contributed by atoms with E-state index in [4.69, 9.17) is 0 Å². The Bertz CT molecular complexity index is 435. The summed E-state index contributed by atoms with van der Waals surface area (Å²) in [6.07, 6.45) is 0. The summed E-state index contributed by atoms with van der Waals surface area (Å²) in [5.74, 6) is -0.277. The van der Waals surface area contributed by atoms with Crippen molar-refractivity contribution in [2.75, 3.05) is 11.9 Å². The molecule has 0 aliphatic heterocycles. The molecule has 1 rings (SSSR count). The van der Waals surface area contributed by atoms with Gasteiger partial charge < -0.3 is 16.0 Å². The van der Waals surface area contributed by atoms with Crippen LogP contribution in [0, 0.1) is 0 Å². The topological polar surface area (TPSA) is 70.2 Å². The minimum atomic E-state index is -0.354. The molecule has 3 amide bonds. The van der Waals surface area contributed by atoms with E-state index < -0.39 is 0 Å². The second kappa shape index (κ2) is 7.00. The van der Waals surface area contributed by atoms with Crippen LogP contribution in [0.4, 0.5) is 10.5 Å². The third kappa shape index (κ3) is 5.18. The summed E-state index contributed by atoms with van der Waals surface area (Å²) in [6.45, 7) is 3.63. The maximum absolute atomic E-state index is 11.6. The summed E-state index contributed by atoms with van der Waals surface area (Å²) in [7, 11) is 0. The Balaban J connectivity index is 2.39. The maximum atomic E-state index is 11.6. The van der Waals surface area contributed by atoms with Gasteiger partial charge in [0.25, 0.3) is 0 Å². The number of halogens is 1. The molecule has 0 aromatic heterocycles. The van der Waals surface area contributed by atoms with Crippen LogP contribution < -0.4 is 16.0 Å². The summed E-state index contributed by atoms with van der Waals surface area (Å²) in [5, 5.41) is 7.80. The molecule has 0 unspecified atom stereocenters. The quantitative estimate of drug-likeness (QED) is 0.796. The smallest absolute Gasteiger partial charge is 0.315 e. The number of amides is 3. The zero-order valence-corrected chi connectivity index (χ0v) is 11.9. The first-order valence-corrected chi connectivity index (χ1v) is 6.37. The van der Waals surface area contributed by atoms with Crippen LogP contribution in [0.25, 0.3) is 0 Å². The molecule has 0 saturated heterocycles. The van der Waals surface area contributed by atoms with Gasteiger partial charge in [0.1, 0.15) is 0 Å². The lowest BCUT2D eigenvalue weighted by Gasteiger charge is -2.10. The summed E-state index contributed by atoms with van der Waals surface area (Å²) in [4.78, 5) is 22.8. The van der Waals surface area contributed by atoms with Crippen molar-refractivity contribution in [2.24, 2.45) is 0 Å². The molecule has 0 aliphatic rings. The van der Waals surface area contributed by atoms with Crippen LogP contribution >= 0.6 is 15.9 Å². The first kappa shape index (κ1) is 14.5. The van der Waals surface area contributed by atoms with Crippen molar-refractivity contribution in [2.45, 2.75) is 19.9 Å². The van der Waals surface area contributed by atoms with Gasteiger partial charge in [-0.3, -0.25) is 4.79 Å². The Morgan fingerprint density at radius 3 is 2.56 bits per heavy atom. The number of benzene rings is 1. The normalized spacial score (nSPS) is 10.0. The van der Waals surface area contributed by atoms with E-state index in [0.717, 1.165) is 4.47 Å². The number of carbonyl (C=O) groups excluding carboxylic acids is 2. The van der Waals surface area contributed by atoms with Gasteiger partial charge in [-0.05, 0) is 41.9 Å². The highest BCUT2D eigenvalue weighted by atomic mass is 79.9. The molecule has 0 radical (unpaired) electrons. The lowest BCUT2D eigenvalue weighted by Crippen LogP contribution is -2.42. The average Bonchev–Trinajstić information content (AvgIpc) is 2.29. The van der Waals surface area contributed by atoms with Crippen LogP contribution in [0.2, 0.25) is 0 Å². The number of rotatable bonds is 4. The molecule has 5 nitrogen and oxygen atoms in total. The lowest BCUT2D eigenvalue weighted by molar-refractivity contribution is -0.115. The monoisotopic (exact) mass is 313 g/mol. The molecular weight excluding hydrogens is 298 g/mol. The van der Waals surface area contributed by atoms with Gasteiger partial charge in [-0.2, -0.15) is 0 Å². The standard InChI is InChI=1S/C12H16BrN3O2/c1-8(2)15-12(18)14-7-11(17)16-10-6-4-3-5-9(10)13/h3-6,8H,7H2,1-2H3,(H,16,17)(H2,14,15,18). The fourth-order valence-corrected chi connectivity index (χ4v) is 1.61. The maximum Gasteiger partial charge on any atom is 0.315 e. The van der Waals surface area contributed by atoms with Gasteiger partial charge in [0, 0.05) is 10.5 Å². The highest BCUT2D eigenvalue weighted by Gasteiger charge is 2.07.